The van der Waals surface area contributed by atoms with Crippen LogP contribution in [0.15, 0.2) is 24.3 Å². The Morgan fingerprint density at radius 1 is 1.19 bits per heavy atom. The van der Waals surface area contributed by atoms with Gasteiger partial charge in [0.25, 0.3) is 0 Å². The van der Waals surface area contributed by atoms with Crippen molar-refractivity contribution < 1.29 is 32.6 Å². The Kier molecular flexibility index (Phi) is 5.97. The number of carboxylic acids is 1. The molecule has 1 aromatic carbocycles. The third kappa shape index (κ3) is 6.61. The van der Waals surface area contributed by atoms with E-state index in [-0.39, 0.29) is 18.8 Å². The number of ether oxygens (including phenoxy) is 1. The van der Waals surface area contributed by atoms with Crippen molar-refractivity contribution in [3.8, 4) is 0 Å². The first-order valence-corrected chi connectivity index (χ1v) is 5.80. The molecule has 21 heavy (non-hydrogen) atoms. The van der Waals surface area contributed by atoms with Gasteiger partial charge in [-0.05, 0) is 24.3 Å². The predicted molar refractivity (Wildman–Crippen MR) is 66.9 cm³/mol. The van der Waals surface area contributed by atoms with E-state index in [0.717, 1.165) is 24.3 Å². The SMILES string of the molecule is O=C(O)COCCNC(=O)Nc1ccc(C(F)(F)F)cc1. The number of carboxylic acid groups (broad SMARTS) is 1. The molecule has 0 unspecified atom stereocenters. The Morgan fingerprint density at radius 3 is 2.33 bits per heavy atom. The molecule has 0 atom stereocenters. The zero-order valence-corrected chi connectivity index (χ0v) is 10.7. The van der Waals surface area contributed by atoms with Crippen molar-refractivity contribution >= 4 is 17.7 Å². The zero-order chi connectivity index (χ0) is 15.9. The Morgan fingerprint density at radius 2 is 1.81 bits per heavy atom. The molecule has 0 radical (unpaired) electrons. The fraction of sp³-hybridized carbons (Fsp3) is 0.333. The molecule has 0 saturated carbocycles. The Hall–Kier alpha value is -2.29. The molecular weight excluding hydrogens is 293 g/mol. The van der Waals surface area contributed by atoms with E-state index < -0.39 is 30.3 Å². The van der Waals surface area contributed by atoms with Gasteiger partial charge in [-0.25, -0.2) is 9.59 Å². The first-order valence-electron chi connectivity index (χ1n) is 5.80. The lowest BCUT2D eigenvalue weighted by Gasteiger charge is -2.09. The second-order valence-electron chi connectivity index (χ2n) is 3.90. The highest BCUT2D eigenvalue weighted by molar-refractivity contribution is 5.89. The molecule has 6 nitrogen and oxygen atoms in total. The number of carbonyl (C=O) groups excluding carboxylic acids is 1. The minimum atomic E-state index is -4.43. The Labute approximate surface area is 117 Å². The number of hydrogen-bond donors (Lipinski definition) is 3. The molecule has 1 rings (SSSR count). The standard InChI is InChI=1S/C12H13F3N2O4/c13-12(14,15)8-1-3-9(4-2-8)17-11(20)16-5-6-21-7-10(18)19/h1-4H,5-7H2,(H,18,19)(H2,16,17,20). The Balaban J connectivity index is 2.33. The van der Waals surface area contributed by atoms with E-state index in [1.165, 1.54) is 0 Å². The molecule has 0 aromatic heterocycles. The third-order valence-corrected chi connectivity index (χ3v) is 2.23. The molecule has 0 saturated heterocycles. The van der Waals surface area contributed by atoms with Gasteiger partial charge in [0, 0.05) is 12.2 Å². The van der Waals surface area contributed by atoms with Gasteiger partial charge in [0.2, 0.25) is 0 Å². The number of aliphatic carboxylic acids is 1. The normalized spacial score (nSPS) is 11.0. The van der Waals surface area contributed by atoms with Gasteiger partial charge in [0.1, 0.15) is 6.61 Å². The van der Waals surface area contributed by atoms with Gasteiger partial charge in [-0.15, -0.1) is 0 Å². The quantitative estimate of drug-likeness (QED) is 0.701. The molecule has 0 aliphatic carbocycles. The number of hydrogen-bond acceptors (Lipinski definition) is 3. The Bertz CT molecular complexity index is 488. The second-order valence-corrected chi connectivity index (χ2v) is 3.90. The smallest absolute Gasteiger partial charge is 0.416 e. The zero-order valence-electron chi connectivity index (χ0n) is 10.7. The predicted octanol–water partition coefficient (Wildman–Crippen LogP) is 1.93. The first kappa shape index (κ1) is 16.8. The van der Waals surface area contributed by atoms with Crippen molar-refractivity contribution in [3.63, 3.8) is 0 Å². The van der Waals surface area contributed by atoms with Crippen LogP contribution in [-0.4, -0.2) is 36.9 Å². The summed E-state index contributed by atoms with van der Waals surface area (Å²) in [5.41, 5.74) is -0.609. The summed E-state index contributed by atoms with van der Waals surface area (Å²) >= 11 is 0. The van der Waals surface area contributed by atoms with Crippen LogP contribution in [0.25, 0.3) is 0 Å². The van der Waals surface area contributed by atoms with Crippen LogP contribution < -0.4 is 10.6 Å². The molecule has 0 aliphatic heterocycles. The molecule has 0 aliphatic rings. The summed E-state index contributed by atoms with van der Waals surface area (Å²) in [4.78, 5) is 21.5. The fourth-order valence-corrected chi connectivity index (χ4v) is 1.31. The third-order valence-electron chi connectivity index (χ3n) is 2.23. The first-order chi connectivity index (χ1) is 9.79. The number of nitrogens with one attached hydrogen (secondary N) is 2. The van der Waals surface area contributed by atoms with Crippen LogP contribution in [0.3, 0.4) is 0 Å². The molecule has 0 spiro atoms. The summed E-state index contributed by atoms with van der Waals surface area (Å²) < 4.78 is 41.6. The largest absolute Gasteiger partial charge is 0.480 e. The summed E-state index contributed by atoms with van der Waals surface area (Å²) in [5.74, 6) is -1.12. The fourth-order valence-electron chi connectivity index (χ4n) is 1.31. The summed E-state index contributed by atoms with van der Waals surface area (Å²) in [6.07, 6.45) is -4.43. The lowest BCUT2D eigenvalue weighted by molar-refractivity contribution is -0.142. The topological polar surface area (TPSA) is 87.7 Å². The van der Waals surface area contributed by atoms with Crippen LogP contribution in [0, 0.1) is 0 Å². The maximum atomic E-state index is 12.3. The van der Waals surface area contributed by atoms with Crippen molar-refractivity contribution in [2.45, 2.75) is 6.18 Å². The van der Waals surface area contributed by atoms with Gasteiger partial charge in [-0.3, -0.25) is 0 Å². The number of urea groups is 1. The average Bonchev–Trinajstić information content (AvgIpc) is 2.37. The number of benzene rings is 1. The number of amides is 2. The highest BCUT2D eigenvalue weighted by Crippen LogP contribution is 2.29. The molecular formula is C12H13F3N2O4. The number of carbonyl (C=O) groups is 2. The van der Waals surface area contributed by atoms with Crippen LogP contribution in [-0.2, 0) is 15.7 Å². The van der Waals surface area contributed by atoms with Crippen molar-refractivity contribution in [3.05, 3.63) is 29.8 Å². The van der Waals surface area contributed by atoms with Crippen LogP contribution in [0.5, 0.6) is 0 Å². The van der Waals surface area contributed by atoms with Gasteiger partial charge in [0.05, 0.1) is 12.2 Å². The summed E-state index contributed by atoms with van der Waals surface area (Å²) in [5, 5.41) is 13.0. The number of anilines is 1. The summed E-state index contributed by atoms with van der Waals surface area (Å²) in [6, 6.07) is 3.33. The van der Waals surface area contributed by atoms with E-state index in [9.17, 15) is 22.8 Å². The van der Waals surface area contributed by atoms with Crippen LogP contribution in [0.2, 0.25) is 0 Å². The lowest BCUT2D eigenvalue weighted by atomic mass is 10.2. The van der Waals surface area contributed by atoms with Gasteiger partial charge in [-0.1, -0.05) is 0 Å². The summed E-state index contributed by atoms with van der Waals surface area (Å²) in [6.45, 7) is -0.394. The highest BCUT2D eigenvalue weighted by atomic mass is 19.4. The van der Waals surface area contributed by atoms with Crippen LogP contribution >= 0.6 is 0 Å². The van der Waals surface area contributed by atoms with E-state index in [2.05, 4.69) is 15.4 Å². The van der Waals surface area contributed by atoms with Crippen molar-refractivity contribution in [1.29, 1.82) is 0 Å². The lowest BCUT2D eigenvalue weighted by Crippen LogP contribution is -2.32. The molecule has 2 amide bonds. The van der Waals surface area contributed by atoms with E-state index in [1.807, 2.05) is 0 Å². The van der Waals surface area contributed by atoms with Gasteiger partial charge < -0.3 is 20.5 Å². The molecule has 9 heteroatoms. The van der Waals surface area contributed by atoms with Gasteiger partial charge in [0.15, 0.2) is 0 Å². The van der Waals surface area contributed by atoms with Crippen molar-refractivity contribution in [2.75, 3.05) is 25.1 Å². The van der Waals surface area contributed by atoms with E-state index in [0.29, 0.717) is 0 Å². The molecule has 3 N–H and O–H groups in total. The van der Waals surface area contributed by atoms with Crippen molar-refractivity contribution in [2.24, 2.45) is 0 Å². The van der Waals surface area contributed by atoms with Gasteiger partial charge >= 0.3 is 18.2 Å². The molecule has 116 valence electrons. The maximum Gasteiger partial charge on any atom is 0.416 e. The molecule has 0 heterocycles. The number of rotatable bonds is 6. The minimum absolute atomic E-state index is 0.00668. The van der Waals surface area contributed by atoms with Crippen molar-refractivity contribution in [1.82, 2.24) is 5.32 Å². The van der Waals surface area contributed by atoms with Gasteiger partial charge in [-0.2, -0.15) is 13.2 Å². The minimum Gasteiger partial charge on any atom is -0.480 e. The number of alkyl halides is 3. The second kappa shape index (κ2) is 7.48. The van der Waals surface area contributed by atoms with E-state index >= 15 is 0 Å². The molecule has 0 bridgehead atoms. The van der Waals surface area contributed by atoms with Crippen LogP contribution in [0.4, 0.5) is 23.7 Å². The average molecular weight is 306 g/mol. The van der Waals surface area contributed by atoms with E-state index in [4.69, 9.17) is 5.11 Å². The molecule has 0 fully saturated rings. The molecule has 1 aromatic rings. The monoisotopic (exact) mass is 306 g/mol. The van der Waals surface area contributed by atoms with Crippen LogP contribution in [0.1, 0.15) is 5.56 Å². The summed E-state index contributed by atoms with van der Waals surface area (Å²) in [7, 11) is 0. The maximum absolute atomic E-state index is 12.3. The van der Waals surface area contributed by atoms with E-state index in [1.54, 1.807) is 0 Å². The highest BCUT2D eigenvalue weighted by Gasteiger charge is 2.29. The number of halogens is 3.